The van der Waals surface area contributed by atoms with Crippen LogP contribution in [0.4, 0.5) is 0 Å². The number of sulfonamides is 1. The molecule has 4 nitrogen and oxygen atoms in total. The first-order valence-corrected chi connectivity index (χ1v) is 6.69. The van der Waals surface area contributed by atoms with Crippen molar-refractivity contribution < 1.29 is 8.42 Å². The molecule has 0 radical (unpaired) electrons. The third-order valence-electron chi connectivity index (χ3n) is 1.51. The Balaban J connectivity index is 3.28. The Morgan fingerprint density at radius 2 is 1.75 bits per heavy atom. The molecule has 2 N–H and O–H groups in total. The molecule has 88 valence electrons. The number of hydrogen-bond acceptors (Lipinski definition) is 2. The predicted molar refractivity (Wildman–Crippen MR) is 66.0 cm³/mol. The first-order chi connectivity index (χ1) is 7.35. The molecule has 0 aromatic heterocycles. The van der Waals surface area contributed by atoms with E-state index in [0.29, 0.717) is 0 Å². The maximum Gasteiger partial charge on any atom is 0.284 e. The van der Waals surface area contributed by atoms with Crippen LogP contribution in [0.5, 0.6) is 0 Å². The van der Waals surface area contributed by atoms with E-state index in [1.54, 1.807) is 0 Å². The highest BCUT2D eigenvalue weighted by Gasteiger charge is 2.14. The Bertz CT molecular complexity index is 508. The van der Waals surface area contributed by atoms with Crippen molar-refractivity contribution in [1.29, 1.82) is 0 Å². The van der Waals surface area contributed by atoms with Gasteiger partial charge in [-0.25, -0.2) is 0 Å². The van der Waals surface area contributed by atoms with E-state index in [1.165, 1.54) is 18.2 Å². The molecule has 0 amide bonds. The van der Waals surface area contributed by atoms with Crippen molar-refractivity contribution in [1.82, 2.24) is 0 Å². The van der Waals surface area contributed by atoms with E-state index in [4.69, 9.17) is 40.5 Å². The van der Waals surface area contributed by atoms with Crippen LogP contribution in [-0.2, 0) is 10.0 Å². The van der Waals surface area contributed by atoms with Gasteiger partial charge in [0.2, 0.25) is 0 Å². The molecule has 0 aliphatic heterocycles. The Kier molecular flexibility index (Phi) is 4.43. The van der Waals surface area contributed by atoms with Gasteiger partial charge in [-0.05, 0) is 18.2 Å². The number of benzene rings is 1. The zero-order valence-electron chi connectivity index (χ0n) is 7.82. The minimum atomic E-state index is -3.91. The summed E-state index contributed by atoms with van der Waals surface area (Å²) in [6, 6.07) is 3.87. The molecule has 1 rings (SSSR count). The second kappa shape index (κ2) is 5.23. The number of amidine groups is 1. The van der Waals surface area contributed by atoms with Gasteiger partial charge in [-0.15, -0.1) is 16.0 Å². The summed E-state index contributed by atoms with van der Waals surface area (Å²) in [4.78, 5) is -0.127. The van der Waals surface area contributed by atoms with E-state index >= 15 is 0 Å². The Labute approximate surface area is 108 Å². The van der Waals surface area contributed by atoms with Gasteiger partial charge in [-0.2, -0.15) is 8.42 Å². The van der Waals surface area contributed by atoms with Crippen LogP contribution in [0.1, 0.15) is 0 Å². The van der Waals surface area contributed by atoms with E-state index in [0.717, 1.165) is 0 Å². The van der Waals surface area contributed by atoms with Crippen LogP contribution in [0.2, 0.25) is 10.0 Å². The molecule has 0 heterocycles. The molecular formula is C8H7Cl3N2O2S. The first kappa shape index (κ1) is 13.6. The summed E-state index contributed by atoms with van der Waals surface area (Å²) in [6.07, 6.45) is 0. The Morgan fingerprint density at radius 1 is 1.25 bits per heavy atom. The van der Waals surface area contributed by atoms with Crippen molar-refractivity contribution >= 4 is 50.7 Å². The lowest BCUT2D eigenvalue weighted by Crippen LogP contribution is -2.16. The summed E-state index contributed by atoms with van der Waals surface area (Å²) in [6.45, 7) is 0. The molecule has 0 saturated carbocycles. The SMILES string of the molecule is NC(CCl)=NS(=O)(=O)c1cc(Cl)cc(Cl)c1. The average molecular weight is 302 g/mol. The standard InChI is InChI=1S/C8H7Cl3N2O2S/c9-4-8(12)13-16(14,15)7-2-5(10)1-6(11)3-7/h1-3H,4H2,(H2,12,13). The lowest BCUT2D eigenvalue weighted by Gasteiger charge is -2.01. The highest BCUT2D eigenvalue weighted by Crippen LogP contribution is 2.23. The molecule has 0 bridgehead atoms. The third-order valence-corrected chi connectivity index (χ3v) is 3.52. The molecular weight excluding hydrogens is 295 g/mol. The number of nitrogens with zero attached hydrogens (tertiary/aromatic N) is 1. The summed E-state index contributed by atoms with van der Waals surface area (Å²) < 4.78 is 26.6. The molecule has 1 aromatic carbocycles. The van der Waals surface area contributed by atoms with Crippen molar-refractivity contribution in [2.24, 2.45) is 10.1 Å². The second-order valence-corrected chi connectivity index (χ2v) is 5.54. The molecule has 0 aliphatic carbocycles. The highest BCUT2D eigenvalue weighted by molar-refractivity contribution is 7.90. The van der Waals surface area contributed by atoms with E-state index in [9.17, 15) is 8.42 Å². The minimum absolute atomic E-state index is 0.127. The molecule has 1 aromatic rings. The van der Waals surface area contributed by atoms with E-state index in [2.05, 4.69) is 4.40 Å². The number of hydrogen-bond donors (Lipinski definition) is 1. The predicted octanol–water partition coefficient (Wildman–Crippen LogP) is 2.28. The van der Waals surface area contributed by atoms with Gasteiger partial charge < -0.3 is 5.73 Å². The van der Waals surface area contributed by atoms with Crippen LogP contribution >= 0.6 is 34.8 Å². The van der Waals surface area contributed by atoms with Crippen LogP contribution in [-0.4, -0.2) is 20.1 Å². The summed E-state index contributed by atoms with van der Waals surface area (Å²) in [5.74, 6) is -0.370. The maximum atomic E-state index is 11.7. The van der Waals surface area contributed by atoms with Gasteiger partial charge >= 0.3 is 0 Å². The van der Waals surface area contributed by atoms with Gasteiger partial charge in [0, 0.05) is 10.0 Å². The zero-order valence-corrected chi connectivity index (χ0v) is 10.9. The van der Waals surface area contributed by atoms with Crippen molar-refractivity contribution in [3.8, 4) is 0 Å². The molecule has 0 fully saturated rings. The van der Waals surface area contributed by atoms with Crippen molar-refractivity contribution in [3.63, 3.8) is 0 Å². The van der Waals surface area contributed by atoms with Gasteiger partial charge in [0.1, 0.15) is 5.84 Å². The molecule has 8 heteroatoms. The smallest absolute Gasteiger partial charge is 0.284 e. The summed E-state index contributed by atoms with van der Waals surface area (Å²) in [7, 11) is -3.91. The quantitative estimate of drug-likeness (QED) is 0.529. The fourth-order valence-corrected chi connectivity index (χ4v) is 2.73. The zero-order chi connectivity index (χ0) is 12.3. The number of alkyl halides is 1. The fourth-order valence-electron chi connectivity index (χ4n) is 0.909. The van der Waals surface area contributed by atoms with Gasteiger partial charge in [0.25, 0.3) is 10.0 Å². The monoisotopic (exact) mass is 300 g/mol. The van der Waals surface area contributed by atoms with E-state index in [-0.39, 0.29) is 26.7 Å². The maximum absolute atomic E-state index is 11.7. The van der Waals surface area contributed by atoms with Crippen LogP contribution < -0.4 is 5.73 Å². The van der Waals surface area contributed by atoms with Gasteiger partial charge in [0.05, 0.1) is 10.8 Å². The van der Waals surface area contributed by atoms with Crippen LogP contribution in [0.15, 0.2) is 27.5 Å². The minimum Gasteiger partial charge on any atom is -0.385 e. The molecule has 0 unspecified atom stereocenters. The largest absolute Gasteiger partial charge is 0.385 e. The van der Waals surface area contributed by atoms with Crippen molar-refractivity contribution in [2.45, 2.75) is 4.90 Å². The molecule has 0 aliphatic rings. The molecule has 0 spiro atoms. The van der Waals surface area contributed by atoms with Gasteiger partial charge in [-0.3, -0.25) is 0 Å². The highest BCUT2D eigenvalue weighted by atomic mass is 35.5. The van der Waals surface area contributed by atoms with Crippen molar-refractivity contribution in [2.75, 3.05) is 5.88 Å². The Hall–Kier alpha value is -0.490. The normalized spacial score (nSPS) is 12.8. The summed E-state index contributed by atoms with van der Waals surface area (Å²) >= 11 is 16.7. The molecule has 0 atom stereocenters. The lowest BCUT2D eigenvalue weighted by molar-refractivity contribution is 0.598. The molecule has 0 saturated heterocycles. The summed E-state index contributed by atoms with van der Waals surface area (Å²) in [5, 5.41) is 0.399. The first-order valence-electron chi connectivity index (χ1n) is 3.96. The molecule has 16 heavy (non-hydrogen) atoms. The second-order valence-electron chi connectivity index (χ2n) is 2.80. The number of rotatable bonds is 3. The Morgan fingerprint density at radius 3 is 2.19 bits per heavy atom. The fraction of sp³-hybridized carbons (Fsp3) is 0.125. The van der Waals surface area contributed by atoms with Crippen LogP contribution in [0, 0.1) is 0 Å². The van der Waals surface area contributed by atoms with Crippen LogP contribution in [0.3, 0.4) is 0 Å². The van der Waals surface area contributed by atoms with E-state index < -0.39 is 10.0 Å². The lowest BCUT2D eigenvalue weighted by atomic mass is 10.4. The van der Waals surface area contributed by atoms with Crippen LogP contribution in [0.25, 0.3) is 0 Å². The average Bonchev–Trinajstić information content (AvgIpc) is 2.15. The third kappa shape index (κ3) is 3.52. The summed E-state index contributed by atoms with van der Waals surface area (Å²) in [5.41, 5.74) is 5.25. The number of halogens is 3. The van der Waals surface area contributed by atoms with Gasteiger partial charge in [0.15, 0.2) is 0 Å². The van der Waals surface area contributed by atoms with Crippen molar-refractivity contribution in [3.05, 3.63) is 28.2 Å². The van der Waals surface area contributed by atoms with Gasteiger partial charge in [-0.1, -0.05) is 23.2 Å². The van der Waals surface area contributed by atoms with E-state index in [1.807, 2.05) is 0 Å². The topological polar surface area (TPSA) is 72.5 Å². The number of nitrogens with two attached hydrogens (primary N) is 1.